The molecule has 4 rings (SSSR count). The van der Waals surface area contributed by atoms with Crippen LogP contribution in [-0.4, -0.2) is 46.3 Å². The molecule has 10 nitrogen and oxygen atoms in total. The lowest BCUT2D eigenvalue weighted by Gasteiger charge is -2.31. The molecule has 1 N–H and O–H groups in total. The van der Waals surface area contributed by atoms with Crippen LogP contribution in [0.15, 0.2) is 59.0 Å². The molecule has 0 radical (unpaired) electrons. The molecule has 198 valence electrons. The number of aryl methyl sites for hydroxylation is 1. The highest BCUT2D eigenvalue weighted by molar-refractivity contribution is 5.95. The summed E-state index contributed by atoms with van der Waals surface area (Å²) in [5.74, 6) is 0.241. The van der Waals surface area contributed by atoms with Crippen molar-refractivity contribution in [2.24, 2.45) is 0 Å². The van der Waals surface area contributed by atoms with Gasteiger partial charge < -0.3 is 19.4 Å². The first kappa shape index (κ1) is 26.6. The van der Waals surface area contributed by atoms with Crippen LogP contribution >= 0.6 is 0 Å². The number of carbonyl (C=O) groups excluding carboxylic acids is 2. The summed E-state index contributed by atoms with van der Waals surface area (Å²) in [5.41, 5.74) is 3.00. The lowest BCUT2D eigenvalue weighted by Crippen LogP contribution is -2.37. The van der Waals surface area contributed by atoms with E-state index in [1.54, 1.807) is 4.90 Å². The van der Waals surface area contributed by atoms with Crippen LogP contribution < -0.4 is 10.1 Å². The van der Waals surface area contributed by atoms with Crippen molar-refractivity contribution in [1.82, 2.24) is 15.2 Å². The number of hydrogen-bond acceptors (Lipinski definition) is 7. The van der Waals surface area contributed by atoms with Crippen molar-refractivity contribution in [2.75, 3.05) is 19.7 Å². The number of aromatic nitrogens is 1. The monoisotopic (exact) mass is 518 g/mol. The number of carbonyl (C=O) groups is 2. The van der Waals surface area contributed by atoms with Gasteiger partial charge in [0.1, 0.15) is 16.4 Å². The molecule has 2 amide bonds. The average molecular weight is 519 g/mol. The highest BCUT2D eigenvalue weighted by Crippen LogP contribution is 2.30. The maximum Gasteiger partial charge on any atom is 0.433 e. The van der Waals surface area contributed by atoms with Crippen LogP contribution in [0.1, 0.15) is 58.8 Å². The summed E-state index contributed by atoms with van der Waals surface area (Å²) in [7, 11) is 0. The molecule has 1 aliphatic heterocycles. The summed E-state index contributed by atoms with van der Waals surface area (Å²) in [4.78, 5) is 42.4. The second-order valence-corrected chi connectivity index (χ2v) is 8.97. The number of nitrogens with zero attached hydrogens (tertiary/aromatic N) is 3. The van der Waals surface area contributed by atoms with E-state index in [2.05, 4.69) is 5.32 Å². The highest BCUT2D eigenvalue weighted by atomic mass is 16.6. The zero-order valence-electron chi connectivity index (χ0n) is 21.4. The number of hydrogen-bond donors (Lipinski definition) is 1. The minimum absolute atomic E-state index is 0.0344. The Morgan fingerprint density at radius 3 is 2.66 bits per heavy atom. The molecule has 0 saturated carbocycles. The Labute approximate surface area is 220 Å². The van der Waals surface area contributed by atoms with E-state index in [1.807, 2.05) is 50.2 Å². The third kappa shape index (κ3) is 6.44. The van der Waals surface area contributed by atoms with Crippen molar-refractivity contribution in [1.29, 1.82) is 0 Å². The normalized spacial score (nSPS) is 14.0. The van der Waals surface area contributed by atoms with Crippen molar-refractivity contribution >= 4 is 23.8 Å². The van der Waals surface area contributed by atoms with E-state index in [9.17, 15) is 19.7 Å². The van der Waals surface area contributed by atoms with E-state index in [0.29, 0.717) is 44.6 Å². The van der Waals surface area contributed by atoms with Crippen LogP contribution in [0, 0.1) is 17.0 Å². The number of nitro groups is 1. The molecule has 2 aromatic heterocycles. The molecule has 10 heteroatoms. The fraction of sp³-hybridized carbons (Fsp3) is 0.321. The van der Waals surface area contributed by atoms with Gasteiger partial charge in [-0.05, 0) is 57.0 Å². The van der Waals surface area contributed by atoms with Gasteiger partial charge in [-0.3, -0.25) is 24.7 Å². The summed E-state index contributed by atoms with van der Waals surface area (Å²) < 4.78 is 10.7. The van der Waals surface area contributed by atoms with Gasteiger partial charge in [0.15, 0.2) is 0 Å². The maximum absolute atomic E-state index is 13.2. The molecule has 0 bridgehead atoms. The van der Waals surface area contributed by atoms with Crippen molar-refractivity contribution in [3.05, 3.63) is 93.0 Å². The molecular weight excluding hydrogens is 488 g/mol. The number of amides is 2. The number of piperidine rings is 1. The van der Waals surface area contributed by atoms with Crippen molar-refractivity contribution < 1.29 is 23.7 Å². The molecule has 3 aromatic rings. The Hall–Kier alpha value is -4.47. The number of furan rings is 1. The molecule has 1 aliphatic rings. The minimum atomic E-state index is -0.627. The zero-order chi connectivity index (χ0) is 27.1. The number of rotatable bonds is 9. The van der Waals surface area contributed by atoms with E-state index in [1.165, 1.54) is 24.3 Å². The molecule has 3 heterocycles. The van der Waals surface area contributed by atoms with Gasteiger partial charge in [0.05, 0.1) is 23.9 Å². The zero-order valence-corrected chi connectivity index (χ0v) is 21.4. The second kappa shape index (κ2) is 12.2. The largest absolute Gasteiger partial charge is 0.494 e. The number of benzene rings is 1. The van der Waals surface area contributed by atoms with Gasteiger partial charge in [-0.15, -0.1) is 0 Å². The van der Waals surface area contributed by atoms with Gasteiger partial charge >= 0.3 is 5.88 Å². The smallest absolute Gasteiger partial charge is 0.433 e. The number of pyridine rings is 1. The number of nitrogens with one attached hydrogen (secondary N) is 1. The molecule has 1 fully saturated rings. The molecule has 0 spiro atoms. The molecule has 0 unspecified atom stereocenters. The molecule has 0 aliphatic carbocycles. The highest BCUT2D eigenvalue weighted by Gasteiger charge is 2.27. The van der Waals surface area contributed by atoms with E-state index < -0.39 is 4.92 Å². The Bertz CT molecular complexity index is 1340. The van der Waals surface area contributed by atoms with Crippen molar-refractivity contribution in [3.63, 3.8) is 0 Å². The average Bonchev–Trinajstić information content (AvgIpc) is 3.41. The van der Waals surface area contributed by atoms with Crippen LogP contribution in [0.3, 0.4) is 0 Å². The van der Waals surface area contributed by atoms with E-state index in [0.717, 1.165) is 22.7 Å². The summed E-state index contributed by atoms with van der Waals surface area (Å²) >= 11 is 0. The summed E-state index contributed by atoms with van der Waals surface area (Å²) in [6, 6.07) is 13.9. The third-order valence-corrected chi connectivity index (χ3v) is 6.40. The van der Waals surface area contributed by atoms with Gasteiger partial charge in [0, 0.05) is 42.9 Å². The summed E-state index contributed by atoms with van der Waals surface area (Å²) in [6.45, 7) is 5.70. The van der Waals surface area contributed by atoms with Crippen LogP contribution in [0.25, 0.3) is 6.08 Å². The number of likely N-dealkylation sites (tertiary alicyclic amines) is 1. The standard InChI is InChI=1S/C28H30N4O6/c1-3-37-24-7-5-4-6-21(24)18-29-28(34)23-11-8-19(2)30-27(23)20-14-16-31(17-15-20)25(33)12-9-22-10-13-26(38-22)32(35)36/h4-13,20H,3,14-18H2,1-2H3,(H,29,34)/b12-9+. The molecule has 1 saturated heterocycles. The predicted molar refractivity (Wildman–Crippen MR) is 141 cm³/mol. The van der Waals surface area contributed by atoms with Gasteiger partial charge in [0.2, 0.25) is 5.91 Å². The summed E-state index contributed by atoms with van der Waals surface area (Å²) in [5, 5.41) is 13.7. The van der Waals surface area contributed by atoms with Gasteiger partial charge in [-0.25, -0.2) is 0 Å². The van der Waals surface area contributed by atoms with E-state index >= 15 is 0 Å². The Morgan fingerprint density at radius 1 is 1.18 bits per heavy atom. The maximum atomic E-state index is 13.2. The van der Waals surface area contributed by atoms with Crippen molar-refractivity contribution in [3.8, 4) is 5.75 Å². The van der Waals surface area contributed by atoms with E-state index in [-0.39, 0.29) is 29.4 Å². The minimum Gasteiger partial charge on any atom is -0.494 e. The molecule has 0 atom stereocenters. The first-order valence-electron chi connectivity index (χ1n) is 12.5. The first-order chi connectivity index (χ1) is 18.4. The van der Waals surface area contributed by atoms with Crippen molar-refractivity contribution in [2.45, 2.75) is 39.2 Å². The second-order valence-electron chi connectivity index (χ2n) is 8.97. The lowest BCUT2D eigenvalue weighted by atomic mass is 9.89. The van der Waals surface area contributed by atoms with Crippen LogP contribution in [-0.2, 0) is 11.3 Å². The topological polar surface area (TPSA) is 128 Å². The van der Waals surface area contributed by atoms with Crippen LogP contribution in [0.5, 0.6) is 5.75 Å². The fourth-order valence-corrected chi connectivity index (χ4v) is 4.46. The molecule has 1 aromatic carbocycles. The molecule has 38 heavy (non-hydrogen) atoms. The third-order valence-electron chi connectivity index (χ3n) is 6.40. The summed E-state index contributed by atoms with van der Waals surface area (Å²) in [6.07, 6.45) is 4.11. The van der Waals surface area contributed by atoms with Gasteiger partial charge in [0.25, 0.3) is 5.91 Å². The Balaban J connectivity index is 1.39. The first-order valence-corrected chi connectivity index (χ1v) is 12.5. The SMILES string of the molecule is CCOc1ccccc1CNC(=O)c1ccc(C)nc1C1CCN(C(=O)/C=C/c2ccc([N+](=O)[O-])o2)CC1. The van der Waals surface area contributed by atoms with E-state index in [4.69, 9.17) is 14.1 Å². The predicted octanol–water partition coefficient (Wildman–Crippen LogP) is 4.64. The van der Waals surface area contributed by atoms with Crippen LogP contribution in [0.4, 0.5) is 5.88 Å². The fourth-order valence-electron chi connectivity index (χ4n) is 4.46. The number of para-hydroxylation sites is 1. The Morgan fingerprint density at radius 2 is 1.95 bits per heavy atom. The Kier molecular flexibility index (Phi) is 8.52. The molecular formula is C28H30N4O6. The lowest BCUT2D eigenvalue weighted by molar-refractivity contribution is -0.402. The van der Waals surface area contributed by atoms with Crippen LogP contribution in [0.2, 0.25) is 0 Å². The van der Waals surface area contributed by atoms with Gasteiger partial charge in [-0.2, -0.15) is 0 Å². The number of ether oxygens (including phenoxy) is 1. The quantitative estimate of drug-likeness (QED) is 0.248. The van der Waals surface area contributed by atoms with Gasteiger partial charge in [-0.1, -0.05) is 18.2 Å².